The zero-order chi connectivity index (χ0) is 21.6. The van der Waals surface area contributed by atoms with Gasteiger partial charge in [-0.1, -0.05) is 6.07 Å². The van der Waals surface area contributed by atoms with Crippen LogP contribution in [0, 0.1) is 5.82 Å². The van der Waals surface area contributed by atoms with E-state index in [9.17, 15) is 27.2 Å². The van der Waals surface area contributed by atoms with Crippen molar-refractivity contribution in [3.63, 3.8) is 0 Å². The highest BCUT2D eigenvalue weighted by Crippen LogP contribution is 2.29. The average molecular weight is 424 g/mol. The minimum atomic E-state index is -3.19. The molecule has 0 bridgehead atoms. The van der Waals surface area contributed by atoms with Crippen LogP contribution in [-0.4, -0.2) is 50.8 Å². The fourth-order valence-corrected chi connectivity index (χ4v) is 3.32. The fourth-order valence-electron chi connectivity index (χ4n) is 3.32. The molecule has 0 radical (unpaired) electrons. The van der Waals surface area contributed by atoms with Crippen LogP contribution < -0.4 is 10.4 Å². The van der Waals surface area contributed by atoms with Crippen molar-refractivity contribution in [3.05, 3.63) is 46.8 Å². The van der Waals surface area contributed by atoms with Gasteiger partial charge in [0.2, 0.25) is 5.91 Å². The van der Waals surface area contributed by atoms with Gasteiger partial charge in [0.15, 0.2) is 17.2 Å². The number of pyridine rings is 1. The highest BCUT2D eigenvalue weighted by Gasteiger charge is 2.31. The number of nitrogens with zero attached hydrogens (tertiary/aromatic N) is 4. The molecule has 1 aliphatic heterocycles. The zero-order valence-corrected chi connectivity index (χ0v) is 15.7. The van der Waals surface area contributed by atoms with E-state index in [2.05, 4.69) is 9.72 Å². The van der Waals surface area contributed by atoms with Crippen LogP contribution in [0.5, 0.6) is 5.75 Å². The molecule has 0 saturated carbocycles. The topological polar surface area (TPSA) is 69.4 Å². The quantitative estimate of drug-likeness (QED) is 0.590. The molecule has 0 N–H and O–H groups in total. The van der Waals surface area contributed by atoms with Gasteiger partial charge >= 0.3 is 12.3 Å². The van der Waals surface area contributed by atoms with E-state index in [1.807, 2.05) is 0 Å². The first-order valence-electron chi connectivity index (χ1n) is 8.96. The van der Waals surface area contributed by atoms with Gasteiger partial charge in [0.05, 0.1) is 18.6 Å². The monoisotopic (exact) mass is 424 g/mol. The van der Waals surface area contributed by atoms with Gasteiger partial charge in [-0.2, -0.15) is 8.78 Å². The summed E-state index contributed by atoms with van der Waals surface area (Å²) < 4.78 is 58.4. The number of carbonyl (C=O) groups excluding carboxylic acids is 1. The Bertz CT molecular complexity index is 1180. The summed E-state index contributed by atoms with van der Waals surface area (Å²) in [5, 5.41) is 0. The van der Waals surface area contributed by atoms with Crippen molar-refractivity contribution < 1.29 is 27.1 Å². The van der Waals surface area contributed by atoms with Crippen molar-refractivity contribution in [2.45, 2.75) is 19.3 Å². The number of rotatable bonds is 5. The van der Waals surface area contributed by atoms with Crippen molar-refractivity contribution in [2.75, 3.05) is 13.1 Å². The van der Waals surface area contributed by atoms with Crippen LogP contribution in [0.1, 0.15) is 0 Å². The van der Waals surface area contributed by atoms with E-state index in [4.69, 9.17) is 0 Å². The molecule has 3 aromatic rings. The van der Waals surface area contributed by atoms with Crippen LogP contribution in [0.2, 0.25) is 0 Å². The first kappa shape index (κ1) is 19.9. The largest absolute Gasteiger partial charge is 0.432 e. The lowest BCUT2D eigenvalue weighted by Crippen LogP contribution is -2.52. The van der Waals surface area contributed by atoms with E-state index < -0.39 is 35.9 Å². The molecule has 1 aliphatic rings. The van der Waals surface area contributed by atoms with Crippen LogP contribution in [-0.2, 0) is 18.4 Å². The molecule has 2 aromatic heterocycles. The summed E-state index contributed by atoms with van der Waals surface area (Å²) in [6, 6.07) is 4.98. The molecule has 1 amide bonds. The number of alkyl halides is 3. The van der Waals surface area contributed by atoms with Crippen molar-refractivity contribution in [1.82, 2.24) is 19.0 Å². The normalized spacial score (nSPS) is 14.4. The molecule has 0 aliphatic carbocycles. The highest BCUT2D eigenvalue weighted by molar-refractivity contribution is 5.82. The van der Waals surface area contributed by atoms with Gasteiger partial charge in [-0.05, 0) is 23.8 Å². The number of imidazole rings is 1. The molecule has 1 aromatic carbocycles. The summed E-state index contributed by atoms with van der Waals surface area (Å²) in [7, 11) is 1.49. The number of carbonyl (C=O) groups is 1. The van der Waals surface area contributed by atoms with Gasteiger partial charge in [-0.25, -0.2) is 18.6 Å². The maximum absolute atomic E-state index is 13.7. The van der Waals surface area contributed by atoms with E-state index in [0.717, 1.165) is 12.1 Å². The maximum atomic E-state index is 13.7. The van der Waals surface area contributed by atoms with Crippen molar-refractivity contribution in [2.24, 2.45) is 7.05 Å². The predicted octanol–water partition coefficient (Wildman–Crippen LogP) is 2.32. The Hall–Kier alpha value is -3.37. The Morgan fingerprint density at radius 3 is 2.67 bits per heavy atom. The highest BCUT2D eigenvalue weighted by atomic mass is 19.3. The van der Waals surface area contributed by atoms with E-state index in [-0.39, 0.29) is 19.6 Å². The number of hydrogen-bond acceptors (Lipinski definition) is 4. The molecule has 158 valence electrons. The number of halogens is 4. The fraction of sp³-hybridized carbons (Fsp3) is 0.316. The Kier molecular flexibility index (Phi) is 4.96. The number of fused-ring (bicyclic) bond motifs is 1. The third-order valence-electron chi connectivity index (χ3n) is 4.94. The Balaban J connectivity index is 1.73. The zero-order valence-electron chi connectivity index (χ0n) is 15.7. The summed E-state index contributed by atoms with van der Waals surface area (Å²) >= 11 is 0. The minimum absolute atomic E-state index is 0.00958. The molecule has 1 fully saturated rings. The lowest BCUT2D eigenvalue weighted by Gasteiger charge is -2.34. The molecule has 0 atom stereocenters. The van der Waals surface area contributed by atoms with Gasteiger partial charge in [0, 0.05) is 18.8 Å². The summed E-state index contributed by atoms with van der Waals surface area (Å²) in [6.07, 6.45) is 0.339. The summed E-state index contributed by atoms with van der Waals surface area (Å²) in [6.45, 7) is -3.50. The number of aryl methyl sites for hydroxylation is 1. The number of likely N-dealkylation sites (tertiary alicyclic amines) is 1. The molecule has 0 unspecified atom stereocenters. The lowest BCUT2D eigenvalue weighted by atomic mass is 10.1. The number of ether oxygens (including phenoxy) is 1. The molecule has 4 rings (SSSR count). The van der Waals surface area contributed by atoms with Crippen LogP contribution in [0.15, 0.2) is 35.3 Å². The van der Waals surface area contributed by atoms with Crippen LogP contribution in [0.4, 0.5) is 17.6 Å². The van der Waals surface area contributed by atoms with Crippen LogP contribution in [0.25, 0.3) is 22.3 Å². The molecule has 11 heteroatoms. The summed E-state index contributed by atoms with van der Waals surface area (Å²) in [5.74, 6) is -1.98. The molecule has 3 heterocycles. The number of benzene rings is 1. The molecular formula is C19H16F4N4O3. The van der Waals surface area contributed by atoms with Crippen molar-refractivity contribution >= 4 is 17.1 Å². The standard InChI is InChI=1S/C19H16F4N4O3/c1-25-17-14(27(19(25)29)9-16(28)26-7-12(20)8-26)4-11(6-24-17)10-2-3-13(21)15(5-10)30-18(22)23/h2-6,12,18H,7-9H2,1H3. The van der Waals surface area contributed by atoms with Crippen molar-refractivity contribution in [3.8, 4) is 16.9 Å². The van der Waals surface area contributed by atoms with Gasteiger partial charge in [-0.15, -0.1) is 0 Å². The van der Waals surface area contributed by atoms with E-state index in [1.165, 1.54) is 33.3 Å². The molecule has 7 nitrogen and oxygen atoms in total. The first-order valence-corrected chi connectivity index (χ1v) is 8.96. The Labute approximate surface area is 167 Å². The number of aromatic nitrogens is 3. The van der Waals surface area contributed by atoms with Crippen LogP contribution >= 0.6 is 0 Å². The molecule has 30 heavy (non-hydrogen) atoms. The first-order chi connectivity index (χ1) is 14.2. The lowest BCUT2D eigenvalue weighted by molar-refractivity contribution is -0.138. The smallest absolute Gasteiger partial charge is 0.387 e. The third kappa shape index (κ3) is 3.51. The molecule has 0 spiro atoms. The van der Waals surface area contributed by atoms with Gasteiger partial charge in [0.1, 0.15) is 12.7 Å². The SMILES string of the molecule is Cn1c(=O)n(CC(=O)N2CC(F)C2)c2cc(-c3ccc(F)c(OC(F)F)c3)cnc21. The van der Waals surface area contributed by atoms with E-state index in [0.29, 0.717) is 22.3 Å². The molecule has 1 saturated heterocycles. The Morgan fingerprint density at radius 1 is 1.27 bits per heavy atom. The second-order valence-corrected chi connectivity index (χ2v) is 6.91. The predicted molar refractivity (Wildman–Crippen MR) is 98.5 cm³/mol. The number of hydrogen-bond donors (Lipinski definition) is 0. The van der Waals surface area contributed by atoms with E-state index in [1.54, 1.807) is 6.07 Å². The third-order valence-corrected chi connectivity index (χ3v) is 4.94. The Morgan fingerprint density at radius 2 is 2.00 bits per heavy atom. The van der Waals surface area contributed by atoms with Crippen LogP contribution in [0.3, 0.4) is 0 Å². The van der Waals surface area contributed by atoms with Gasteiger partial charge in [-0.3, -0.25) is 13.9 Å². The maximum Gasteiger partial charge on any atom is 0.387 e. The summed E-state index contributed by atoms with van der Waals surface area (Å²) in [5.41, 5.74) is 0.877. The number of amides is 1. The average Bonchev–Trinajstić information content (AvgIpc) is 2.91. The molecular weight excluding hydrogens is 408 g/mol. The second kappa shape index (κ2) is 7.47. The van der Waals surface area contributed by atoms with Gasteiger partial charge < -0.3 is 9.64 Å². The van der Waals surface area contributed by atoms with Gasteiger partial charge in [0.25, 0.3) is 0 Å². The second-order valence-electron chi connectivity index (χ2n) is 6.91. The minimum Gasteiger partial charge on any atom is -0.432 e. The van der Waals surface area contributed by atoms with E-state index >= 15 is 0 Å². The van der Waals surface area contributed by atoms with Crippen molar-refractivity contribution in [1.29, 1.82) is 0 Å². The summed E-state index contributed by atoms with van der Waals surface area (Å²) in [4.78, 5) is 30.4.